The number of amides is 1. The third-order valence-corrected chi connectivity index (χ3v) is 6.56. The Hall–Kier alpha value is -3.99. The molecule has 2 aliphatic heterocycles. The molecule has 2 atom stereocenters. The highest BCUT2D eigenvalue weighted by Gasteiger charge is 2.42. The van der Waals surface area contributed by atoms with Gasteiger partial charge in [-0.1, -0.05) is 6.07 Å². The van der Waals surface area contributed by atoms with Crippen LogP contribution >= 0.6 is 0 Å². The number of nitrogens with one attached hydrogen (secondary N) is 1. The molecule has 2 aromatic carbocycles. The van der Waals surface area contributed by atoms with Crippen LogP contribution in [0.5, 0.6) is 5.75 Å². The normalized spacial score (nSPS) is 18.7. The minimum Gasteiger partial charge on any atom is -0.434 e. The zero-order chi connectivity index (χ0) is 25.4. The van der Waals surface area contributed by atoms with Crippen LogP contribution in [-0.4, -0.2) is 37.1 Å². The van der Waals surface area contributed by atoms with Crippen molar-refractivity contribution in [3.05, 3.63) is 71.3 Å². The molecular weight excluding hydrogens is 475 g/mol. The number of hydrogen-bond acceptors (Lipinski definition) is 6. The van der Waals surface area contributed by atoms with E-state index in [-0.39, 0.29) is 22.7 Å². The van der Waals surface area contributed by atoms with Gasteiger partial charge in [-0.2, -0.15) is 8.78 Å². The number of nitrogens with zero attached hydrogens (tertiary/aromatic N) is 4. The summed E-state index contributed by atoms with van der Waals surface area (Å²) in [5.41, 5.74) is 0.860. The van der Waals surface area contributed by atoms with Crippen LogP contribution in [0.4, 0.5) is 13.2 Å². The molecule has 0 saturated heterocycles. The van der Waals surface area contributed by atoms with E-state index in [0.717, 1.165) is 0 Å². The van der Waals surface area contributed by atoms with Gasteiger partial charge in [0.15, 0.2) is 5.82 Å². The van der Waals surface area contributed by atoms with Gasteiger partial charge < -0.3 is 19.7 Å². The second kappa shape index (κ2) is 7.76. The van der Waals surface area contributed by atoms with E-state index in [9.17, 15) is 18.7 Å². The molecule has 2 N–H and O–H groups in total. The van der Waals surface area contributed by atoms with Crippen LogP contribution in [0.25, 0.3) is 22.2 Å². The Morgan fingerprint density at radius 3 is 2.64 bits per heavy atom. The summed E-state index contributed by atoms with van der Waals surface area (Å²) in [7, 11) is 0. The number of fused-ring (bicyclic) bond motifs is 9. The Labute approximate surface area is 202 Å². The Kier molecular flexibility index (Phi) is 4.84. The molecule has 4 aromatic rings. The molecule has 1 amide bonds. The molecule has 0 spiro atoms. The summed E-state index contributed by atoms with van der Waals surface area (Å²) in [6.07, 6.45) is 3.25. The first-order chi connectivity index (χ1) is 17.1. The summed E-state index contributed by atoms with van der Waals surface area (Å²) < 4.78 is 48.2. The fourth-order valence-electron chi connectivity index (χ4n) is 5.04. The molecule has 2 aliphatic rings. The van der Waals surface area contributed by atoms with Crippen molar-refractivity contribution in [1.82, 2.24) is 24.8 Å². The van der Waals surface area contributed by atoms with Gasteiger partial charge in [-0.25, -0.2) is 19.3 Å². The lowest BCUT2D eigenvalue weighted by molar-refractivity contribution is -0.0507. The maximum atomic E-state index is 15.2. The van der Waals surface area contributed by atoms with Crippen LogP contribution in [-0.2, 0) is 5.60 Å². The van der Waals surface area contributed by atoms with Crippen molar-refractivity contribution in [2.24, 2.45) is 0 Å². The van der Waals surface area contributed by atoms with Gasteiger partial charge in [0.25, 0.3) is 5.91 Å². The monoisotopic (exact) mass is 495 g/mol. The fraction of sp³-hybridized carbons (Fsp3) is 0.280. The van der Waals surface area contributed by atoms with E-state index in [1.54, 1.807) is 26.0 Å². The average Bonchev–Trinajstić information content (AvgIpc) is 3.29. The van der Waals surface area contributed by atoms with Crippen LogP contribution < -0.4 is 10.1 Å². The largest absolute Gasteiger partial charge is 0.434 e. The minimum atomic E-state index is -3.06. The van der Waals surface area contributed by atoms with Gasteiger partial charge in [-0.15, -0.1) is 0 Å². The Morgan fingerprint density at radius 1 is 1.19 bits per heavy atom. The van der Waals surface area contributed by atoms with Gasteiger partial charge in [0.05, 0.1) is 23.1 Å². The zero-order valence-corrected chi connectivity index (χ0v) is 19.2. The molecule has 8 nitrogen and oxygen atoms in total. The third-order valence-electron chi connectivity index (χ3n) is 6.56. The molecular formula is C25H20F3N5O3. The molecule has 11 heteroatoms. The van der Waals surface area contributed by atoms with Gasteiger partial charge in [-0.05, 0) is 38.5 Å². The van der Waals surface area contributed by atoms with Crippen molar-refractivity contribution in [3.63, 3.8) is 0 Å². The number of imidazole rings is 1. The molecule has 0 fully saturated rings. The van der Waals surface area contributed by atoms with E-state index in [2.05, 4.69) is 20.3 Å². The number of ether oxygens (including phenoxy) is 1. The number of halogens is 3. The van der Waals surface area contributed by atoms with Crippen LogP contribution in [0.15, 0.2) is 42.7 Å². The number of alkyl halides is 2. The lowest BCUT2D eigenvalue weighted by atomic mass is 9.97. The highest BCUT2D eigenvalue weighted by atomic mass is 19.3. The zero-order valence-electron chi connectivity index (χ0n) is 19.2. The molecule has 36 heavy (non-hydrogen) atoms. The highest BCUT2D eigenvalue weighted by Crippen LogP contribution is 2.47. The minimum absolute atomic E-state index is 0.0871. The molecule has 6 rings (SSSR count). The van der Waals surface area contributed by atoms with E-state index < -0.39 is 36.0 Å². The molecule has 1 unspecified atom stereocenters. The van der Waals surface area contributed by atoms with Crippen molar-refractivity contribution >= 4 is 16.9 Å². The summed E-state index contributed by atoms with van der Waals surface area (Å²) in [5, 5.41) is 13.0. The van der Waals surface area contributed by atoms with Gasteiger partial charge in [0.2, 0.25) is 0 Å². The number of hydrogen-bond donors (Lipinski definition) is 2. The topological polar surface area (TPSA) is 102 Å². The smallest absolute Gasteiger partial charge is 0.387 e. The maximum absolute atomic E-state index is 15.2. The number of carbonyl (C=O) groups is 1. The van der Waals surface area contributed by atoms with E-state index in [4.69, 9.17) is 4.74 Å². The van der Waals surface area contributed by atoms with E-state index in [1.807, 2.05) is 4.57 Å². The van der Waals surface area contributed by atoms with E-state index in [1.165, 1.54) is 30.6 Å². The maximum Gasteiger partial charge on any atom is 0.387 e. The summed E-state index contributed by atoms with van der Waals surface area (Å²) >= 11 is 0. The van der Waals surface area contributed by atoms with Gasteiger partial charge in [0, 0.05) is 40.7 Å². The number of rotatable bonds is 4. The Bertz CT molecular complexity index is 1530. The lowest BCUT2D eigenvalue weighted by Crippen LogP contribution is -2.28. The van der Waals surface area contributed by atoms with Crippen molar-refractivity contribution in [2.75, 3.05) is 0 Å². The second-order valence-electron chi connectivity index (χ2n) is 9.39. The quantitative estimate of drug-likeness (QED) is 0.439. The first-order valence-electron chi connectivity index (χ1n) is 11.3. The SMILES string of the molecule is CC(C)(O)c1ncc(-c2cc3c(cc2F)nc2n3C3C[C@H]2NC(=O)c2cccc(OC(F)F)c23)cn1. The Morgan fingerprint density at radius 2 is 1.94 bits per heavy atom. The fourth-order valence-corrected chi connectivity index (χ4v) is 5.04. The number of benzene rings is 2. The highest BCUT2D eigenvalue weighted by molar-refractivity contribution is 5.98. The first-order valence-corrected chi connectivity index (χ1v) is 11.3. The first kappa shape index (κ1) is 22.5. The van der Waals surface area contributed by atoms with Crippen molar-refractivity contribution in [2.45, 2.75) is 44.6 Å². The predicted molar refractivity (Wildman–Crippen MR) is 122 cm³/mol. The average molecular weight is 495 g/mol. The summed E-state index contributed by atoms with van der Waals surface area (Å²) in [4.78, 5) is 25.8. The summed E-state index contributed by atoms with van der Waals surface area (Å²) in [6, 6.07) is 6.34. The molecule has 0 radical (unpaired) electrons. The number of aromatic nitrogens is 4. The molecule has 2 aromatic heterocycles. The van der Waals surface area contributed by atoms with E-state index >= 15 is 4.39 Å². The molecule has 2 bridgehead atoms. The van der Waals surface area contributed by atoms with Crippen LogP contribution in [0.2, 0.25) is 0 Å². The molecule has 0 aliphatic carbocycles. The van der Waals surface area contributed by atoms with Crippen molar-refractivity contribution in [1.29, 1.82) is 0 Å². The van der Waals surface area contributed by atoms with Crippen LogP contribution in [0, 0.1) is 5.82 Å². The second-order valence-corrected chi connectivity index (χ2v) is 9.39. The summed E-state index contributed by atoms with van der Waals surface area (Å²) in [6.45, 7) is 0.0348. The van der Waals surface area contributed by atoms with Crippen LogP contribution in [0.1, 0.15) is 59.9 Å². The number of aliphatic hydroxyl groups is 1. The van der Waals surface area contributed by atoms with Gasteiger partial charge in [-0.3, -0.25) is 4.79 Å². The van der Waals surface area contributed by atoms with E-state index in [0.29, 0.717) is 34.4 Å². The standard InChI is InChI=1S/C25H20F3N5O3/c1-25(2,35)23-29-9-11(10-30-23)13-6-17-15(7-14(13)26)31-21-16-8-18(33(17)21)20-12(22(34)32-16)4-3-5-19(20)36-24(27)28/h3-7,9-10,16,18,24,35H,8H2,1-2H3,(H,32,34)/t16-,18?/m1/s1. The van der Waals surface area contributed by atoms with Crippen molar-refractivity contribution < 1.29 is 27.8 Å². The van der Waals surface area contributed by atoms with Gasteiger partial charge in [0.1, 0.15) is 23.0 Å². The van der Waals surface area contributed by atoms with Crippen LogP contribution in [0.3, 0.4) is 0 Å². The lowest BCUT2D eigenvalue weighted by Gasteiger charge is -2.21. The van der Waals surface area contributed by atoms with Gasteiger partial charge >= 0.3 is 6.61 Å². The molecule has 4 heterocycles. The summed E-state index contributed by atoms with van der Waals surface area (Å²) in [5.74, 6) is -0.344. The molecule has 184 valence electrons. The number of carbonyl (C=O) groups excluding carboxylic acids is 1. The predicted octanol–water partition coefficient (Wildman–Crippen LogP) is 4.24. The Balaban J connectivity index is 1.53. The third kappa shape index (κ3) is 3.41. The molecule has 0 saturated carbocycles. The van der Waals surface area contributed by atoms with Crippen molar-refractivity contribution in [3.8, 4) is 16.9 Å².